The molecular weight excluding hydrogens is 441 g/mol. The fraction of sp³-hybridized carbons (Fsp3) is 0.292. The Labute approximate surface area is 195 Å². The van der Waals surface area contributed by atoms with Gasteiger partial charge in [0.25, 0.3) is 5.91 Å². The van der Waals surface area contributed by atoms with Gasteiger partial charge in [-0.1, -0.05) is 23.4 Å². The van der Waals surface area contributed by atoms with Gasteiger partial charge in [0, 0.05) is 37.6 Å². The first-order valence-electron chi connectivity index (χ1n) is 10.8. The zero-order chi connectivity index (χ0) is 22.9. The van der Waals surface area contributed by atoms with E-state index in [0.717, 1.165) is 16.3 Å². The molecule has 0 atom stereocenters. The number of carbonyl (C=O) groups excluding carboxylic acids is 1. The van der Waals surface area contributed by atoms with Crippen LogP contribution in [0.3, 0.4) is 0 Å². The maximum atomic E-state index is 14.4. The zero-order valence-electron chi connectivity index (χ0n) is 18.5. The van der Waals surface area contributed by atoms with Crippen LogP contribution in [0.5, 0.6) is 0 Å². The third-order valence-electron chi connectivity index (χ3n) is 5.98. The summed E-state index contributed by atoms with van der Waals surface area (Å²) in [6, 6.07) is 12.4. The van der Waals surface area contributed by atoms with Crippen molar-refractivity contribution in [3.8, 4) is 16.4 Å². The molecule has 0 unspecified atom stereocenters. The van der Waals surface area contributed by atoms with E-state index in [-0.39, 0.29) is 11.7 Å². The molecule has 170 valence electrons. The molecule has 0 bridgehead atoms. The van der Waals surface area contributed by atoms with Gasteiger partial charge in [-0.15, -0.1) is 11.3 Å². The Bertz CT molecular complexity index is 1270. The van der Waals surface area contributed by atoms with E-state index in [2.05, 4.69) is 15.0 Å². The second-order valence-electron chi connectivity index (χ2n) is 8.13. The number of aromatic nitrogens is 3. The molecule has 0 saturated carbocycles. The van der Waals surface area contributed by atoms with Crippen LogP contribution in [0.4, 0.5) is 4.39 Å². The standard InChI is InChI=1S/C24H24FN5O2S/c1-16-14-18(17(2)30(16)20-7-4-3-6-19(20)25)24(31)29-11-9-28(10-12-29)15-22-26-23(27-32-22)21-8-5-13-33-21/h3-8,13-14H,9-12,15H2,1-2H3. The predicted molar refractivity (Wildman–Crippen MR) is 124 cm³/mol. The third kappa shape index (κ3) is 4.21. The van der Waals surface area contributed by atoms with Gasteiger partial charge in [-0.25, -0.2) is 4.39 Å². The van der Waals surface area contributed by atoms with E-state index in [0.29, 0.717) is 55.7 Å². The Hall–Kier alpha value is -3.30. The molecule has 0 spiro atoms. The summed E-state index contributed by atoms with van der Waals surface area (Å²) in [6.45, 7) is 6.96. The largest absolute Gasteiger partial charge is 0.338 e. The lowest BCUT2D eigenvalue weighted by Gasteiger charge is -2.34. The first-order chi connectivity index (χ1) is 16.0. The van der Waals surface area contributed by atoms with Gasteiger partial charge in [-0.05, 0) is 43.5 Å². The Morgan fingerprint density at radius 2 is 1.91 bits per heavy atom. The molecule has 1 aliphatic heterocycles. The lowest BCUT2D eigenvalue weighted by atomic mass is 10.2. The molecule has 5 rings (SSSR count). The van der Waals surface area contributed by atoms with Crippen LogP contribution in [0.2, 0.25) is 0 Å². The number of carbonyl (C=O) groups is 1. The summed E-state index contributed by atoms with van der Waals surface area (Å²) in [5.41, 5.74) is 2.65. The molecule has 1 fully saturated rings. The number of aryl methyl sites for hydroxylation is 1. The summed E-state index contributed by atoms with van der Waals surface area (Å²) in [5, 5.41) is 6.04. The van der Waals surface area contributed by atoms with Crippen molar-refractivity contribution in [1.29, 1.82) is 0 Å². The van der Waals surface area contributed by atoms with Crippen molar-refractivity contribution < 1.29 is 13.7 Å². The molecule has 1 aromatic carbocycles. The molecule has 0 aliphatic carbocycles. The van der Waals surface area contributed by atoms with Gasteiger partial charge in [-0.3, -0.25) is 9.69 Å². The highest BCUT2D eigenvalue weighted by Gasteiger charge is 2.26. The SMILES string of the molecule is Cc1cc(C(=O)N2CCN(Cc3nc(-c4cccs4)no3)CC2)c(C)n1-c1ccccc1F. The van der Waals surface area contributed by atoms with Gasteiger partial charge in [-0.2, -0.15) is 4.98 Å². The van der Waals surface area contributed by atoms with Crippen molar-refractivity contribution in [2.45, 2.75) is 20.4 Å². The van der Waals surface area contributed by atoms with Crippen LogP contribution in [-0.2, 0) is 6.54 Å². The summed E-state index contributed by atoms with van der Waals surface area (Å²) >= 11 is 1.57. The van der Waals surface area contributed by atoms with E-state index < -0.39 is 0 Å². The lowest BCUT2D eigenvalue weighted by Crippen LogP contribution is -2.48. The zero-order valence-corrected chi connectivity index (χ0v) is 19.3. The highest BCUT2D eigenvalue weighted by molar-refractivity contribution is 7.13. The smallest absolute Gasteiger partial charge is 0.255 e. The van der Waals surface area contributed by atoms with Crippen molar-refractivity contribution >= 4 is 17.2 Å². The Morgan fingerprint density at radius 1 is 1.12 bits per heavy atom. The Kier molecular flexibility index (Phi) is 5.82. The van der Waals surface area contributed by atoms with Gasteiger partial charge < -0.3 is 14.0 Å². The van der Waals surface area contributed by atoms with Crippen LogP contribution in [0.25, 0.3) is 16.4 Å². The van der Waals surface area contributed by atoms with E-state index in [1.54, 1.807) is 34.1 Å². The van der Waals surface area contributed by atoms with Gasteiger partial charge in [0.2, 0.25) is 11.7 Å². The normalized spacial score (nSPS) is 14.7. The van der Waals surface area contributed by atoms with Gasteiger partial charge in [0.15, 0.2) is 0 Å². The Balaban J connectivity index is 1.24. The van der Waals surface area contributed by atoms with Crippen LogP contribution >= 0.6 is 11.3 Å². The highest BCUT2D eigenvalue weighted by atomic mass is 32.1. The Morgan fingerprint density at radius 3 is 2.64 bits per heavy atom. The highest BCUT2D eigenvalue weighted by Crippen LogP contribution is 2.25. The average molecular weight is 466 g/mol. The second kappa shape index (κ2) is 8.92. The summed E-state index contributed by atoms with van der Waals surface area (Å²) in [6.07, 6.45) is 0. The van der Waals surface area contributed by atoms with Gasteiger partial charge in [0.05, 0.1) is 22.7 Å². The molecule has 4 heterocycles. The van der Waals surface area contributed by atoms with E-state index in [9.17, 15) is 9.18 Å². The number of hydrogen-bond donors (Lipinski definition) is 0. The van der Waals surface area contributed by atoms with Crippen molar-refractivity contribution in [2.24, 2.45) is 0 Å². The molecule has 1 aliphatic rings. The average Bonchev–Trinajstić information content (AvgIpc) is 3.56. The minimum absolute atomic E-state index is 0.0249. The minimum Gasteiger partial charge on any atom is -0.338 e. The fourth-order valence-corrected chi connectivity index (χ4v) is 4.93. The van der Waals surface area contributed by atoms with Crippen LogP contribution < -0.4 is 0 Å². The minimum atomic E-state index is -0.310. The molecule has 1 saturated heterocycles. The maximum Gasteiger partial charge on any atom is 0.255 e. The summed E-state index contributed by atoms with van der Waals surface area (Å²) < 4.78 is 21.6. The molecule has 4 aromatic rings. The molecule has 0 N–H and O–H groups in total. The summed E-state index contributed by atoms with van der Waals surface area (Å²) in [5.74, 6) is 0.851. The maximum absolute atomic E-state index is 14.4. The number of benzene rings is 1. The van der Waals surface area contributed by atoms with Gasteiger partial charge >= 0.3 is 0 Å². The molecule has 7 nitrogen and oxygen atoms in total. The third-order valence-corrected chi connectivity index (χ3v) is 6.85. The summed E-state index contributed by atoms with van der Waals surface area (Å²) in [4.78, 5) is 22.8. The van der Waals surface area contributed by atoms with Crippen LogP contribution in [0, 0.1) is 19.7 Å². The number of halogens is 1. The van der Waals surface area contributed by atoms with E-state index in [1.807, 2.05) is 42.3 Å². The quantitative estimate of drug-likeness (QED) is 0.440. The monoisotopic (exact) mass is 465 g/mol. The van der Waals surface area contributed by atoms with E-state index in [4.69, 9.17) is 4.52 Å². The van der Waals surface area contributed by atoms with Crippen molar-refractivity contribution in [1.82, 2.24) is 24.5 Å². The number of nitrogens with zero attached hydrogens (tertiary/aromatic N) is 5. The fourth-order valence-electron chi connectivity index (χ4n) is 4.28. The number of thiophene rings is 1. The van der Waals surface area contributed by atoms with Crippen molar-refractivity contribution in [3.63, 3.8) is 0 Å². The number of amides is 1. The molecule has 9 heteroatoms. The lowest BCUT2D eigenvalue weighted by molar-refractivity contribution is 0.0614. The van der Waals surface area contributed by atoms with Crippen molar-refractivity contribution in [3.05, 3.63) is 76.5 Å². The molecular formula is C24H24FN5O2S. The van der Waals surface area contributed by atoms with Gasteiger partial charge in [0.1, 0.15) is 5.82 Å². The molecule has 3 aromatic heterocycles. The molecule has 33 heavy (non-hydrogen) atoms. The first-order valence-corrected chi connectivity index (χ1v) is 11.7. The molecule has 1 amide bonds. The van der Waals surface area contributed by atoms with Crippen LogP contribution in [-0.4, -0.2) is 56.6 Å². The first kappa shape index (κ1) is 21.5. The summed E-state index contributed by atoms with van der Waals surface area (Å²) in [7, 11) is 0. The van der Waals surface area contributed by atoms with Crippen molar-refractivity contribution in [2.75, 3.05) is 26.2 Å². The number of piperazine rings is 1. The van der Waals surface area contributed by atoms with Crippen LogP contribution in [0.15, 0.2) is 52.4 Å². The number of para-hydroxylation sites is 1. The predicted octanol–water partition coefficient (Wildman–Crippen LogP) is 4.30. The van der Waals surface area contributed by atoms with Crippen LogP contribution in [0.1, 0.15) is 27.6 Å². The topological polar surface area (TPSA) is 67.4 Å². The van der Waals surface area contributed by atoms with E-state index in [1.165, 1.54) is 6.07 Å². The number of hydrogen-bond acceptors (Lipinski definition) is 6. The second-order valence-corrected chi connectivity index (χ2v) is 9.08. The number of rotatable bonds is 5. The molecule has 0 radical (unpaired) electrons. The van der Waals surface area contributed by atoms with E-state index >= 15 is 0 Å².